The van der Waals surface area contributed by atoms with E-state index in [2.05, 4.69) is 20.6 Å². The van der Waals surface area contributed by atoms with Gasteiger partial charge in [0.25, 0.3) is 5.91 Å². The van der Waals surface area contributed by atoms with Crippen molar-refractivity contribution in [3.8, 4) is 0 Å². The normalized spacial score (nSPS) is 10.4. The fourth-order valence-corrected chi connectivity index (χ4v) is 2.75. The number of anilines is 2. The van der Waals surface area contributed by atoms with Crippen molar-refractivity contribution >= 4 is 17.4 Å². The van der Waals surface area contributed by atoms with Gasteiger partial charge in [-0.3, -0.25) is 4.79 Å². The molecular formula is C21H22N4O. The number of aryl methyl sites for hydroxylation is 2. The lowest BCUT2D eigenvalue weighted by atomic mass is 10.1. The number of aromatic nitrogens is 2. The van der Waals surface area contributed by atoms with E-state index in [4.69, 9.17) is 0 Å². The van der Waals surface area contributed by atoms with Crippen LogP contribution in [-0.2, 0) is 6.42 Å². The fourth-order valence-electron chi connectivity index (χ4n) is 2.75. The first kappa shape index (κ1) is 17.6. The Morgan fingerprint density at radius 3 is 2.42 bits per heavy atom. The first-order valence-electron chi connectivity index (χ1n) is 8.61. The van der Waals surface area contributed by atoms with Gasteiger partial charge in [-0.05, 0) is 37.0 Å². The number of carbonyl (C=O) groups is 1. The van der Waals surface area contributed by atoms with Crippen LogP contribution in [0.3, 0.4) is 0 Å². The van der Waals surface area contributed by atoms with Gasteiger partial charge in [0.05, 0.1) is 0 Å². The lowest BCUT2D eigenvalue weighted by Gasteiger charge is -2.12. The molecule has 0 spiro atoms. The van der Waals surface area contributed by atoms with Crippen molar-refractivity contribution < 1.29 is 4.79 Å². The van der Waals surface area contributed by atoms with Crippen molar-refractivity contribution in [3.05, 3.63) is 83.3 Å². The van der Waals surface area contributed by atoms with Crippen molar-refractivity contribution in [1.82, 2.24) is 15.3 Å². The maximum absolute atomic E-state index is 12.3. The molecule has 1 amide bonds. The van der Waals surface area contributed by atoms with Gasteiger partial charge in [0, 0.05) is 18.3 Å². The Morgan fingerprint density at radius 2 is 1.69 bits per heavy atom. The van der Waals surface area contributed by atoms with Crippen LogP contribution in [0.15, 0.2) is 60.9 Å². The van der Waals surface area contributed by atoms with Gasteiger partial charge in [0.2, 0.25) is 0 Å². The summed E-state index contributed by atoms with van der Waals surface area (Å²) in [4.78, 5) is 20.7. The van der Waals surface area contributed by atoms with Crippen molar-refractivity contribution in [1.29, 1.82) is 0 Å². The lowest BCUT2D eigenvalue weighted by Crippen LogP contribution is -2.26. The van der Waals surface area contributed by atoms with Gasteiger partial charge in [-0.2, -0.15) is 0 Å². The topological polar surface area (TPSA) is 66.9 Å². The molecule has 0 aliphatic rings. The molecule has 0 unspecified atom stereocenters. The number of hydrogen-bond acceptors (Lipinski definition) is 4. The van der Waals surface area contributed by atoms with Crippen molar-refractivity contribution in [2.24, 2.45) is 0 Å². The Balaban J connectivity index is 1.64. The zero-order valence-electron chi connectivity index (χ0n) is 15.0. The molecular weight excluding hydrogens is 324 g/mol. The van der Waals surface area contributed by atoms with Crippen LogP contribution in [0.2, 0.25) is 0 Å². The smallest absolute Gasteiger partial charge is 0.270 e. The van der Waals surface area contributed by atoms with E-state index in [9.17, 15) is 4.79 Å². The number of hydrogen-bond donors (Lipinski definition) is 2. The van der Waals surface area contributed by atoms with Crippen LogP contribution in [0.1, 0.15) is 27.2 Å². The minimum Gasteiger partial charge on any atom is -0.350 e. The van der Waals surface area contributed by atoms with Crippen molar-refractivity contribution in [2.75, 3.05) is 11.9 Å². The predicted molar refractivity (Wildman–Crippen MR) is 104 cm³/mol. The van der Waals surface area contributed by atoms with Crippen LogP contribution in [0.25, 0.3) is 0 Å². The van der Waals surface area contributed by atoms with E-state index in [0.29, 0.717) is 18.1 Å². The van der Waals surface area contributed by atoms with E-state index in [1.807, 2.05) is 62.4 Å². The largest absolute Gasteiger partial charge is 0.350 e. The molecule has 0 saturated heterocycles. The van der Waals surface area contributed by atoms with Crippen LogP contribution in [0, 0.1) is 13.8 Å². The summed E-state index contributed by atoms with van der Waals surface area (Å²) >= 11 is 0. The van der Waals surface area contributed by atoms with Crippen molar-refractivity contribution in [3.63, 3.8) is 0 Å². The first-order chi connectivity index (χ1) is 12.6. The predicted octanol–water partition coefficient (Wildman–Crippen LogP) is 3.81. The fraction of sp³-hybridized carbons (Fsp3) is 0.190. The Kier molecular flexibility index (Phi) is 5.59. The Labute approximate surface area is 153 Å². The van der Waals surface area contributed by atoms with E-state index in [1.165, 1.54) is 11.9 Å². The van der Waals surface area contributed by atoms with Gasteiger partial charge in [0.15, 0.2) is 0 Å². The highest BCUT2D eigenvalue weighted by atomic mass is 16.1. The van der Waals surface area contributed by atoms with E-state index in [1.54, 1.807) is 6.07 Å². The minimum absolute atomic E-state index is 0.201. The summed E-state index contributed by atoms with van der Waals surface area (Å²) in [5, 5.41) is 6.19. The number of nitrogens with zero attached hydrogens (tertiary/aromatic N) is 2. The van der Waals surface area contributed by atoms with Crippen LogP contribution in [0.4, 0.5) is 11.5 Å². The van der Waals surface area contributed by atoms with Crippen LogP contribution >= 0.6 is 0 Å². The molecule has 1 heterocycles. The van der Waals surface area contributed by atoms with Crippen LogP contribution in [-0.4, -0.2) is 22.4 Å². The molecule has 0 atom stereocenters. The van der Waals surface area contributed by atoms with Gasteiger partial charge in [0.1, 0.15) is 17.8 Å². The average Bonchev–Trinajstić information content (AvgIpc) is 2.66. The first-order valence-corrected chi connectivity index (χ1v) is 8.61. The molecule has 0 radical (unpaired) electrons. The van der Waals surface area contributed by atoms with Gasteiger partial charge in [-0.25, -0.2) is 9.97 Å². The second kappa shape index (κ2) is 8.25. The summed E-state index contributed by atoms with van der Waals surface area (Å²) in [5.74, 6) is 0.401. The van der Waals surface area contributed by atoms with Gasteiger partial charge < -0.3 is 10.6 Å². The van der Waals surface area contributed by atoms with E-state index in [-0.39, 0.29) is 5.91 Å². The zero-order valence-corrected chi connectivity index (χ0v) is 15.0. The Hall–Kier alpha value is -3.21. The molecule has 132 valence electrons. The second-order valence-electron chi connectivity index (χ2n) is 6.17. The molecule has 0 saturated carbocycles. The summed E-state index contributed by atoms with van der Waals surface area (Å²) < 4.78 is 0. The highest BCUT2D eigenvalue weighted by Gasteiger charge is 2.10. The summed E-state index contributed by atoms with van der Waals surface area (Å²) in [6, 6.07) is 17.8. The molecule has 5 nitrogen and oxygen atoms in total. The molecule has 0 bridgehead atoms. The molecule has 2 aromatic carbocycles. The molecule has 3 aromatic rings. The monoisotopic (exact) mass is 346 g/mol. The highest BCUT2D eigenvalue weighted by molar-refractivity contribution is 5.93. The molecule has 1 aromatic heterocycles. The average molecular weight is 346 g/mol. The third-order valence-corrected chi connectivity index (χ3v) is 4.18. The van der Waals surface area contributed by atoms with Crippen LogP contribution < -0.4 is 10.6 Å². The Bertz CT molecular complexity index is 873. The Morgan fingerprint density at radius 1 is 0.962 bits per heavy atom. The van der Waals surface area contributed by atoms with Gasteiger partial charge >= 0.3 is 0 Å². The number of rotatable bonds is 6. The van der Waals surface area contributed by atoms with E-state index in [0.717, 1.165) is 23.2 Å². The van der Waals surface area contributed by atoms with E-state index >= 15 is 0 Å². The summed E-state index contributed by atoms with van der Waals surface area (Å²) in [6.45, 7) is 4.63. The molecule has 5 heteroatoms. The molecule has 26 heavy (non-hydrogen) atoms. The standard InChI is InChI=1S/C21H22N4O/c1-15-7-6-8-16(2)20(15)25-19-13-18(23-14-24-19)21(26)22-12-11-17-9-4-3-5-10-17/h3-10,13-14H,11-12H2,1-2H3,(H,22,26)(H,23,24,25). The van der Waals surface area contributed by atoms with Gasteiger partial charge in [-0.1, -0.05) is 48.5 Å². The quantitative estimate of drug-likeness (QED) is 0.712. The molecule has 0 fully saturated rings. The lowest BCUT2D eigenvalue weighted by molar-refractivity contribution is 0.0949. The summed E-state index contributed by atoms with van der Waals surface area (Å²) in [7, 11) is 0. The number of amides is 1. The van der Waals surface area contributed by atoms with Crippen LogP contribution in [0.5, 0.6) is 0 Å². The summed E-state index contributed by atoms with van der Waals surface area (Å²) in [5.41, 5.74) is 4.78. The number of para-hydroxylation sites is 1. The highest BCUT2D eigenvalue weighted by Crippen LogP contribution is 2.23. The molecule has 3 rings (SSSR count). The molecule has 0 aliphatic carbocycles. The summed E-state index contributed by atoms with van der Waals surface area (Å²) in [6.07, 6.45) is 2.19. The SMILES string of the molecule is Cc1cccc(C)c1Nc1cc(C(=O)NCCc2ccccc2)ncn1. The second-order valence-corrected chi connectivity index (χ2v) is 6.17. The van der Waals surface area contributed by atoms with E-state index < -0.39 is 0 Å². The molecule has 2 N–H and O–H groups in total. The zero-order chi connectivity index (χ0) is 18.4. The van der Waals surface area contributed by atoms with Gasteiger partial charge in [-0.15, -0.1) is 0 Å². The van der Waals surface area contributed by atoms with Crippen molar-refractivity contribution in [2.45, 2.75) is 20.3 Å². The third-order valence-electron chi connectivity index (χ3n) is 4.18. The number of carbonyl (C=O) groups excluding carboxylic acids is 1. The maximum atomic E-state index is 12.3. The third kappa shape index (κ3) is 4.45. The number of benzene rings is 2. The maximum Gasteiger partial charge on any atom is 0.270 e. The number of nitrogens with one attached hydrogen (secondary N) is 2. The minimum atomic E-state index is -0.201. The molecule has 0 aliphatic heterocycles.